The first kappa shape index (κ1) is 27.9. The first-order valence-corrected chi connectivity index (χ1v) is 13.7. The summed E-state index contributed by atoms with van der Waals surface area (Å²) in [6.07, 6.45) is 6.51. The fraction of sp³-hybridized carbons (Fsp3) is 0.484. The Balaban J connectivity index is 1.76. The Kier molecular flexibility index (Phi) is 9.23. The van der Waals surface area contributed by atoms with Gasteiger partial charge in [0.05, 0.1) is 17.8 Å². The van der Waals surface area contributed by atoms with Crippen molar-refractivity contribution < 1.29 is 19.4 Å². The summed E-state index contributed by atoms with van der Waals surface area (Å²) >= 11 is 0. The molecule has 1 heterocycles. The van der Waals surface area contributed by atoms with Crippen LogP contribution < -0.4 is 5.69 Å². The van der Waals surface area contributed by atoms with E-state index in [4.69, 9.17) is 9.47 Å². The molecule has 0 aliphatic heterocycles. The number of methoxy groups -OCH3 is 2. The van der Waals surface area contributed by atoms with Gasteiger partial charge in [-0.3, -0.25) is 9.13 Å². The number of carboxylic acids is 1. The van der Waals surface area contributed by atoms with Crippen LogP contribution in [0.5, 0.6) is 0 Å². The Labute approximate surface area is 225 Å². The van der Waals surface area contributed by atoms with Gasteiger partial charge in [0.2, 0.25) is 0 Å². The number of hydrogen-bond acceptors (Lipinski definition) is 4. The van der Waals surface area contributed by atoms with E-state index in [1.807, 2.05) is 45.5 Å². The molecule has 204 valence electrons. The monoisotopic (exact) mass is 520 g/mol. The Hall–Kier alpha value is -3.16. The second-order valence-corrected chi connectivity index (χ2v) is 10.6. The molecule has 0 radical (unpaired) electrons. The van der Waals surface area contributed by atoms with E-state index in [0.29, 0.717) is 18.0 Å². The molecular weight excluding hydrogens is 480 g/mol. The largest absolute Gasteiger partial charge is 0.478 e. The number of carboxylic acid groups (broad SMARTS) is 1. The Bertz CT molecular complexity index is 1280. The van der Waals surface area contributed by atoms with Crippen molar-refractivity contribution >= 4 is 5.97 Å². The Morgan fingerprint density at radius 2 is 1.66 bits per heavy atom. The van der Waals surface area contributed by atoms with E-state index in [-0.39, 0.29) is 17.3 Å². The average Bonchev–Trinajstić information content (AvgIpc) is 3.19. The fourth-order valence-electron chi connectivity index (χ4n) is 5.63. The van der Waals surface area contributed by atoms with Crippen molar-refractivity contribution in [3.8, 4) is 11.1 Å². The standard InChI is InChI=1S/C31H40N2O5/c1-21(2)14-19-27-28(30(37-3)38-4)33(24-10-6-5-7-11-24)31(36)32(27)20-22-15-17-23(18-16-22)25-12-8-9-13-26(25)29(34)35/h8-9,12-13,15-18,21,24,30H,5-7,10-11,14,19-20H2,1-4H3,(H,34,35). The first-order chi connectivity index (χ1) is 18.3. The number of benzene rings is 2. The molecule has 1 aliphatic rings. The van der Waals surface area contributed by atoms with Gasteiger partial charge in [-0.25, -0.2) is 9.59 Å². The molecule has 0 atom stereocenters. The lowest BCUT2D eigenvalue weighted by molar-refractivity contribution is -0.112. The third kappa shape index (κ3) is 5.94. The predicted molar refractivity (Wildman–Crippen MR) is 149 cm³/mol. The van der Waals surface area contributed by atoms with E-state index in [0.717, 1.165) is 61.0 Å². The SMILES string of the molecule is COC(OC)c1c(CCC(C)C)n(Cc2ccc(-c3ccccc3C(=O)O)cc2)c(=O)n1C1CCCCC1. The molecule has 1 saturated carbocycles. The quantitative estimate of drug-likeness (QED) is 0.294. The molecule has 7 heteroatoms. The zero-order valence-corrected chi connectivity index (χ0v) is 23.0. The topological polar surface area (TPSA) is 82.7 Å². The van der Waals surface area contributed by atoms with E-state index in [9.17, 15) is 14.7 Å². The number of hydrogen-bond donors (Lipinski definition) is 1. The zero-order chi connectivity index (χ0) is 27.2. The highest BCUT2D eigenvalue weighted by Crippen LogP contribution is 2.33. The van der Waals surface area contributed by atoms with Crippen LogP contribution in [0, 0.1) is 5.92 Å². The Morgan fingerprint density at radius 1 is 1.00 bits per heavy atom. The van der Waals surface area contributed by atoms with Gasteiger partial charge in [0.15, 0.2) is 6.29 Å². The highest BCUT2D eigenvalue weighted by molar-refractivity contribution is 5.95. The summed E-state index contributed by atoms with van der Waals surface area (Å²) in [6.45, 7) is 4.82. The van der Waals surface area contributed by atoms with Crippen LogP contribution in [0.25, 0.3) is 11.1 Å². The number of rotatable bonds is 11. The van der Waals surface area contributed by atoms with Crippen LogP contribution in [0.3, 0.4) is 0 Å². The molecular formula is C31H40N2O5. The van der Waals surface area contributed by atoms with Crippen LogP contribution in [0.1, 0.15) is 92.0 Å². The van der Waals surface area contributed by atoms with Gasteiger partial charge in [0.25, 0.3) is 0 Å². The van der Waals surface area contributed by atoms with Gasteiger partial charge >= 0.3 is 11.7 Å². The molecule has 1 N–H and O–H groups in total. The molecule has 7 nitrogen and oxygen atoms in total. The van der Waals surface area contributed by atoms with Crippen molar-refractivity contribution in [3.63, 3.8) is 0 Å². The third-order valence-corrected chi connectivity index (χ3v) is 7.63. The number of aromatic carboxylic acids is 1. The normalized spacial score (nSPS) is 14.5. The summed E-state index contributed by atoms with van der Waals surface area (Å²) in [6, 6.07) is 15.0. The summed E-state index contributed by atoms with van der Waals surface area (Å²) < 4.78 is 15.3. The van der Waals surface area contributed by atoms with Crippen molar-refractivity contribution in [1.29, 1.82) is 0 Å². The summed E-state index contributed by atoms with van der Waals surface area (Å²) in [7, 11) is 3.25. The number of imidazole rings is 1. The van der Waals surface area contributed by atoms with E-state index in [2.05, 4.69) is 13.8 Å². The number of carbonyl (C=O) groups is 1. The van der Waals surface area contributed by atoms with Gasteiger partial charge in [0.1, 0.15) is 0 Å². The summed E-state index contributed by atoms with van der Waals surface area (Å²) in [5.41, 5.74) is 4.57. The van der Waals surface area contributed by atoms with Crippen LogP contribution >= 0.6 is 0 Å². The molecule has 4 rings (SSSR count). The summed E-state index contributed by atoms with van der Waals surface area (Å²) in [5.74, 6) is -0.463. The highest BCUT2D eigenvalue weighted by atomic mass is 16.7. The lowest BCUT2D eigenvalue weighted by Crippen LogP contribution is -2.30. The second kappa shape index (κ2) is 12.6. The van der Waals surface area contributed by atoms with E-state index in [1.54, 1.807) is 26.4 Å². The molecule has 0 bridgehead atoms. The van der Waals surface area contributed by atoms with Gasteiger partial charge in [0, 0.05) is 26.0 Å². The summed E-state index contributed by atoms with van der Waals surface area (Å²) in [4.78, 5) is 25.7. The fourth-order valence-corrected chi connectivity index (χ4v) is 5.63. The van der Waals surface area contributed by atoms with Crippen molar-refractivity contribution in [2.45, 2.75) is 77.7 Å². The highest BCUT2D eigenvalue weighted by Gasteiger charge is 2.31. The van der Waals surface area contributed by atoms with Crippen molar-refractivity contribution in [2.24, 2.45) is 5.92 Å². The predicted octanol–water partition coefficient (Wildman–Crippen LogP) is 6.45. The van der Waals surface area contributed by atoms with Crippen LogP contribution in [0.2, 0.25) is 0 Å². The van der Waals surface area contributed by atoms with Crippen LogP contribution in [0.15, 0.2) is 53.3 Å². The zero-order valence-electron chi connectivity index (χ0n) is 23.0. The van der Waals surface area contributed by atoms with E-state index >= 15 is 0 Å². The number of aromatic nitrogens is 2. The molecule has 1 fully saturated rings. The molecule has 1 aliphatic carbocycles. The van der Waals surface area contributed by atoms with Crippen LogP contribution in [-0.4, -0.2) is 34.4 Å². The van der Waals surface area contributed by atoms with Gasteiger partial charge in [-0.05, 0) is 54.4 Å². The molecule has 1 aromatic heterocycles. The minimum Gasteiger partial charge on any atom is -0.478 e. The lowest BCUT2D eigenvalue weighted by Gasteiger charge is -2.26. The number of nitrogens with zero attached hydrogens (tertiary/aromatic N) is 2. The molecule has 0 saturated heterocycles. The summed E-state index contributed by atoms with van der Waals surface area (Å²) in [5, 5.41) is 9.59. The van der Waals surface area contributed by atoms with E-state index in [1.165, 1.54) is 6.42 Å². The maximum atomic E-state index is 14.1. The van der Waals surface area contributed by atoms with Gasteiger partial charge < -0.3 is 14.6 Å². The average molecular weight is 521 g/mol. The van der Waals surface area contributed by atoms with Crippen molar-refractivity contribution in [2.75, 3.05) is 14.2 Å². The molecule has 3 aromatic rings. The van der Waals surface area contributed by atoms with Crippen molar-refractivity contribution in [3.05, 3.63) is 81.5 Å². The van der Waals surface area contributed by atoms with E-state index < -0.39 is 12.3 Å². The first-order valence-electron chi connectivity index (χ1n) is 13.7. The molecule has 0 amide bonds. The maximum absolute atomic E-state index is 14.1. The Morgan fingerprint density at radius 3 is 2.26 bits per heavy atom. The minimum absolute atomic E-state index is 0.00921. The molecule has 0 unspecified atom stereocenters. The molecule has 2 aromatic carbocycles. The molecule has 38 heavy (non-hydrogen) atoms. The van der Waals surface area contributed by atoms with Crippen LogP contribution in [-0.2, 0) is 22.4 Å². The van der Waals surface area contributed by atoms with Crippen molar-refractivity contribution in [1.82, 2.24) is 9.13 Å². The van der Waals surface area contributed by atoms with Gasteiger partial charge in [-0.1, -0.05) is 75.6 Å². The second-order valence-electron chi connectivity index (χ2n) is 10.6. The van der Waals surface area contributed by atoms with Gasteiger partial charge in [-0.15, -0.1) is 0 Å². The lowest BCUT2D eigenvalue weighted by atomic mass is 9.95. The number of ether oxygens (including phenoxy) is 2. The maximum Gasteiger partial charge on any atom is 0.336 e. The van der Waals surface area contributed by atoms with Crippen LogP contribution in [0.4, 0.5) is 0 Å². The smallest absolute Gasteiger partial charge is 0.336 e. The minimum atomic E-state index is -0.951. The third-order valence-electron chi connectivity index (χ3n) is 7.63. The molecule has 0 spiro atoms. The van der Waals surface area contributed by atoms with Gasteiger partial charge in [-0.2, -0.15) is 0 Å².